The molecular weight excluding hydrogens is 196 g/mol. The maximum atomic E-state index is 5.19. The third kappa shape index (κ3) is 4.80. The Morgan fingerprint density at radius 1 is 0.938 bits per heavy atom. The molecule has 0 radical (unpaired) electrons. The standard InChI is InChI=1S/C15H22O/c1(3-8-12-15-13-16-15)2-5-9-14-10-6-4-7-11-14/h4,6-7,10-11,15H,1-3,5,8-9,12-13H2. The number of epoxide rings is 1. The summed E-state index contributed by atoms with van der Waals surface area (Å²) in [5, 5.41) is 0. The number of ether oxygens (including phenoxy) is 1. The third-order valence-corrected chi connectivity index (χ3v) is 3.24. The van der Waals surface area contributed by atoms with E-state index in [1.807, 2.05) is 0 Å². The average molecular weight is 218 g/mol. The highest BCUT2D eigenvalue weighted by atomic mass is 16.6. The van der Waals surface area contributed by atoms with Gasteiger partial charge in [0.1, 0.15) is 0 Å². The number of rotatable bonds is 8. The minimum Gasteiger partial charge on any atom is -0.373 e. The predicted octanol–water partition coefficient (Wildman–Crippen LogP) is 3.97. The third-order valence-electron chi connectivity index (χ3n) is 3.24. The van der Waals surface area contributed by atoms with Gasteiger partial charge in [-0.3, -0.25) is 0 Å². The normalized spacial score (nSPS) is 18.6. The van der Waals surface area contributed by atoms with Gasteiger partial charge in [0.05, 0.1) is 12.7 Å². The molecule has 16 heavy (non-hydrogen) atoms. The number of aryl methyl sites for hydroxylation is 1. The van der Waals surface area contributed by atoms with Crippen molar-refractivity contribution in [3.8, 4) is 0 Å². The van der Waals surface area contributed by atoms with Crippen LogP contribution in [0.5, 0.6) is 0 Å². The molecule has 2 rings (SSSR count). The summed E-state index contributed by atoms with van der Waals surface area (Å²) < 4.78 is 5.19. The van der Waals surface area contributed by atoms with Crippen LogP contribution in [0.4, 0.5) is 0 Å². The molecule has 1 fully saturated rings. The van der Waals surface area contributed by atoms with E-state index in [9.17, 15) is 0 Å². The van der Waals surface area contributed by atoms with Gasteiger partial charge in [-0.1, -0.05) is 56.0 Å². The lowest BCUT2D eigenvalue weighted by Crippen LogP contribution is -1.87. The number of hydrogen-bond donors (Lipinski definition) is 0. The first-order valence-electron chi connectivity index (χ1n) is 6.61. The summed E-state index contributed by atoms with van der Waals surface area (Å²) in [5.74, 6) is 0. The molecule has 0 amide bonds. The van der Waals surface area contributed by atoms with E-state index in [0.29, 0.717) is 6.10 Å². The van der Waals surface area contributed by atoms with Crippen LogP contribution in [0.3, 0.4) is 0 Å². The molecular formula is C15H22O. The second-order valence-electron chi connectivity index (χ2n) is 4.75. The molecule has 88 valence electrons. The van der Waals surface area contributed by atoms with Crippen molar-refractivity contribution in [1.29, 1.82) is 0 Å². The minimum atomic E-state index is 0.629. The van der Waals surface area contributed by atoms with E-state index in [2.05, 4.69) is 30.3 Å². The highest BCUT2D eigenvalue weighted by Crippen LogP contribution is 2.18. The van der Waals surface area contributed by atoms with Crippen LogP contribution in [0, 0.1) is 0 Å². The fourth-order valence-electron chi connectivity index (χ4n) is 2.11. The lowest BCUT2D eigenvalue weighted by atomic mass is 10.0. The number of benzene rings is 1. The van der Waals surface area contributed by atoms with Crippen molar-refractivity contribution in [3.63, 3.8) is 0 Å². The Bertz CT molecular complexity index is 277. The molecule has 1 aliphatic rings. The Kier molecular flexibility index (Phi) is 4.88. The molecule has 1 heteroatoms. The summed E-state index contributed by atoms with van der Waals surface area (Å²) in [4.78, 5) is 0. The Hall–Kier alpha value is -0.820. The maximum absolute atomic E-state index is 5.19. The van der Waals surface area contributed by atoms with Crippen LogP contribution in [0.2, 0.25) is 0 Å². The van der Waals surface area contributed by atoms with Crippen LogP contribution >= 0.6 is 0 Å². The zero-order valence-corrected chi connectivity index (χ0v) is 10.0. The SMILES string of the molecule is c1ccc(CCCCCCCC2CO2)cc1. The Balaban J connectivity index is 1.42. The number of hydrogen-bond acceptors (Lipinski definition) is 1. The monoisotopic (exact) mass is 218 g/mol. The molecule has 1 unspecified atom stereocenters. The Morgan fingerprint density at radius 3 is 2.38 bits per heavy atom. The van der Waals surface area contributed by atoms with Gasteiger partial charge in [-0.25, -0.2) is 0 Å². The molecule has 0 aliphatic carbocycles. The van der Waals surface area contributed by atoms with Gasteiger partial charge < -0.3 is 4.74 Å². The van der Waals surface area contributed by atoms with Gasteiger partial charge in [-0.15, -0.1) is 0 Å². The van der Waals surface area contributed by atoms with Crippen molar-refractivity contribution < 1.29 is 4.74 Å². The predicted molar refractivity (Wildman–Crippen MR) is 67.6 cm³/mol. The molecule has 0 saturated carbocycles. The van der Waals surface area contributed by atoms with Crippen LogP contribution in [0.1, 0.15) is 44.1 Å². The van der Waals surface area contributed by atoms with E-state index in [0.717, 1.165) is 6.61 Å². The van der Waals surface area contributed by atoms with Crippen molar-refractivity contribution in [2.24, 2.45) is 0 Å². The van der Waals surface area contributed by atoms with Gasteiger partial charge in [-0.2, -0.15) is 0 Å². The van der Waals surface area contributed by atoms with E-state index in [4.69, 9.17) is 4.74 Å². The van der Waals surface area contributed by atoms with E-state index < -0.39 is 0 Å². The minimum absolute atomic E-state index is 0.629. The summed E-state index contributed by atoms with van der Waals surface area (Å²) in [6.45, 7) is 1.02. The first kappa shape index (κ1) is 11.7. The zero-order chi connectivity index (χ0) is 11.1. The molecule has 1 atom stereocenters. The fourth-order valence-corrected chi connectivity index (χ4v) is 2.11. The smallest absolute Gasteiger partial charge is 0.0810 e. The summed E-state index contributed by atoms with van der Waals surface area (Å²) in [7, 11) is 0. The fraction of sp³-hybridized carbons (Fsp3) is 0.600. The van der Waals surface area contributed by atoms with Crippen molar-refractivity contribution in [2.45, 2.75) is 51.0 Å². The second kappa shape index (κ2) is 6.70. The molecule has 1 aliphatic heterocycles. The zero-order valence-electron chi connectivity index (χ0n) is 10.0. The molecule has 1 aromatic carbocycles. The lowest BCUT2D eigenvalue weighted by molar-refractivity contribution is 0.387. The second-order valence-corrected chi connectivity index (χ2v) is 4.75. The molecule has 1 nitrogen and oxygen atoms in total. The molecule has 0 spiro atoms. The Morgan fingerprint density at radius 2 is 1.62 bits per heavy atom. The first-order chi connectivity index (χ1) is 7.95. The van der Waals surface area contributed by atoms with E-state index in [1.54, 1.807) is 0 Å². The van der Waals surface area contributed by atoms with Crippen molar-refractivity contribution in [2.75, 3.05) is 6.61 Å². The van der Waals surface area contributed by atoms with Crippen LogP contribution in [-0.4, -0.2) is 12.7 Å². The molecule has 1 aromatic rings. The molecule has 0 aromatic heterocycles. The van der Waals surface area contributed by atoms with Gasteiger partial charge in [0, 0.05) is 0 Å². The van der Waals surface area contributed by atoms with Crippen LogP contribution in [0.25, 0.3) is 0 Å². The molecule has 1 saturated heterocycles. The summed E-state index contributed by atoms with van der Waals surface area (Å²) in [6.07, 6.45) is 10.0. The van der Waals surface area contributed by atoms with Crippen molar-refractivity contribution in [1.82, 2.24) is 0 Å². The maximum Gasteiger partial charge on any atom is 0.0810 e. The van der Waals surface area contributed by atoms with E-state index in [-0.39, 0.29) is 0 Å². The topological polar surface area (TPSA) is 12.5 Å². The van der Waals surface area contributed by atoms with Gasteiger partial charge in [0.25, 0.3) is 0 Å². The summed E-state index contributed by atoms with van der Waals surface area (Å²) >= 11 is 0. The van der Waals surface area contributed by atoms with Crippen LogP contribution in [0.15, 0.2) is 30.3 Å². The molecule has 0 bridgehead atoms. The largest absolute Gasteiger partial charge is 0.373 e. The van der Waals surface area contributed by atoms with E-state index >= 15 is 0 Å². The molecule has 1 heterocycles. The van der Waals surface area contributed by atoms with Crippen molar-refractivity contribution in [3.05, 3.63) is 35.9 Å². The van der Waals surface area contributed by atoms with Gasteiger partial charge in [-0.05, 0) is 24.8 Å². The van der Waals surface area contributed by atoms with E-state index in [1.165, 1.54) is 50.5 Å². The van der Waals surface area contributed by atoms with Crippen LogP contribution in [-0.2, 0) is 11.2 Å². The lowest BCUT2D eigenvalue weighted by Gasteiger charge is -2.01. The summed E-state index contributed by atoms with van der Waals surface area (Å²) in [6, 6.07) is 10.8. The van der Waals surface area contributed by atoms with Gasteiger partial charge in [0.15, 0.2) is 0 Å². The number of unbranched alkanes of at least 4 members (excludes halogenated alkanes) is 4. The quantitative estimate of drug-likeness (QED) is 0.475. The molecule has 0 N–H and O–H groups in total. The van der Waals surface area contributed by atoms with Crippen LogP contribution < -0.4 is 0 Å². The average Bonchev–Trinajstić information content (AvgIpc) is 3.13. The van der Waals surface area contributed by atoms with Crippen molar-refractivity contribution >= 4 is 0 Å². The summed E-state index contributed by atoms with van der Waals surface area (Å²) in [5.41, 5.74) is 1.48. The highest BCUT2D eigenvalue weighted by molar-refractivity contribution is 5.14. The van der Waals surface area contributed by atoms with Gasteiger partial charge in [0.2, 0.25) is 0 Å². The highest BCUT2D eigenvalue weighted by Gasteiger charge is 2.20. The Labute approximate surface area is 98.8 Å². The first-order valence-corrected chi connectivity index (χ1v) is 6.61. The van der Waals surface area contributed by atoms with Gasteiger partial charge >= 0.3 is 0 Å².